The molecule has 0 spiro atoms. The average Bonchev–Trinajstić information content (AvgIpc) is 2.69. The standard InChI is InChI=1S/C21H22ClN3OS/c1-27-19-7-2-15-12-16(21(22)23-20(15)13-19)14-24-8-10-25(11-9-24)17-3-5-18(26)6-4-17/h2-7,12-13,26H,8-11,14H2,1H3/p+1. The normalized spacial score (nSPS) is 15.4. The van der Waals surface area contributed by atoms with Gasteiger partial charge in [0.15, 0.2) is 0 Å². The van der Waals surface area contributed by atoms with Crippen molar-refractivity contribution < 1.29 is 10.0 Å². The third-order valence-electron chi connectivity index (χ3n) is 5.18. The first-order chi connectivity index (χ1) is 13.1. The molecule has 0 bridgehead atoms. The number of phenols is 1. The molecule has 140 valence electrons. The molecular formula is C21H23ClN3OS+. The van der Waals surface area contributed by atoms with Gasteiger partial charge < -0.3 is 14.9 Å². The van der Waals surface area contributed by atoms with Gasteiger partial charge in [0.1, 0.15) is 17.4 Å². The number of phenolic OH excluding ortho intramolecular Hbond substituents is 1. The number of aromatic nitrogens is 1. The molecule has 1 aliphatic heterocycles. The molecule has 6 heteroatoms. The molecule has 3 aromatic rings. The topological polar surface area (TPSA) is 40.8 Å². The molecule has 0 radical (unpaired) electrons. The van der Waals surface area contributed by atoms with Gasteiger partial charge in [-0.1, -0.05) is 17.7 Å². The van der Waals surface area contributed by atoms with Gasteiger partial charge >= 0.3 is 0 Å². The molecule has 2 heterocycles. The van der Waals surface area contributed by atoms with Crippen LogP contribution in [-0.4, -0.2) is 42.5 Å². The van der Waals surface area contributed by atoms with Crippen LogP contribution in [0.2, 0.25) is 5.15 Å². The van der Waals surface area contributed by atoms with Crippen LogP contribution in [-0.2, 0) is 6.54 Å². The van der Waals surface area contributed by atoms with Crippen molar-refractivity contribution in [1.82, 2.24) is 4.98 Å². The fourth-order valence-electron chi connectivity index (χ4n) is 3.61. The molecule has 27 heavy (non-hydrogen) atoms. The van der Waals surface area contributed by atoms with E-state index in [4.69, 9.17) is 11.6 Å². The highest BCUT2D eigenvalue weighted by Crippen LogP contribution is 2.24. The maximum absolute atomic E-state index is 9.45. The molecule has 2 N–H and O–H groups in total. The Morgan fingerprint density at radius 1 is 1.11 bits per heavy atom. The van der Waals surface area contributed by atoms with Gasteiger partial charge in [0.2, 0.25) is 0 Å². The van der Waals surface area contributed by atoms with Crippen molar-refractivity contribution in [3.05, 3.63) is 59.2 Å². The largest absolute Gasteiger partial charge is 0.508 e. The number of hydrogen-bond acceptors (Lipinski definition) is 4. The molecule has 1 fully saturated rings. The van der Waals surface area contributed by atoms with Crippen molar-refractivity contribution in [2.24, 2.45) is 0 Å². The van der Waals surface area contributed by atoms with E-state index in [0.717, 1.165) is 49.2 Å². The third-order valence-corrected chi connectivity index (χ3v) is 6.23. The number of hydrogen-bond donors (Lipinski definition) is 2. The highest BCUT2D eigenvalue weighted by molar-refractivity contribution is 7.98. The molecular weight excluding hydrogens is 378 g/mol. The zero-order valence-corrected chi connectivity index (χ0v) is 16.9. The smallest absolute Gasteiger partial charge is 0.138 e. The lowest BCUT2D eigenvalue weighted by Crippen LogP contribution is -3.13. The minimum atomic E-state index is 0.311. The summed E-state index contributed by atoms with van der Waals surface area (Å²) < 4.78 is 0. The lowest BCUT2D eigenvalue weighted by molar-refractivity contribution is -0.914. The Labute approximate surface area is 168 Å². The number of halogens is 1. The molecule has 0 saturated carbocycles. The molecule has 1 aliphatic rings. The first kappa shape index (κ1) is 18.4. The Morgan fingerprint density at radius 3 is 2.56 bits per heavy atom. The van der Waals surface area contributed by atoms with Gasteiger partial charge in [0.25, 0.3) is 0 Å². The quantitative estimate of drug-likeness (QED) is 0.521. The second kappa shape index (κ2) is 7.97. The van der Waals surface area contributed by atoms with Gasteiger partial charge in [-0.2, -0.15) is 0 Å². The second-order valence-electron chi connectivity index (χ2n) is 6.93. The minimum absolute atomic E-state index is 0.311. The van der Waals surface area contributed by atoms with Gasteiger partial charge in [-0.15, -0.1) is 11.8 Å². The van der Waals surface area contributed by atoms with Gasteiger partial charge in [-0.3, -0.25) is 0 Å². The number of pyridine rings is 1. The van der Waals surface area contributed by atoms with Crippen molar-refractivity contribution in [2.75, 3.05) is 37.3 Å². The summed E-state index contributed by atoms with van der Waals surface area (Å²) in [6.45, 7) is 5.00. The molecule has 4 rings (SSSR count). The predicted molar refractivity (Wildman–Crippen MR) is 113 cm³/mol. The van der Waals surface area contributed by atoms with Crippen LogP contribution in [0.4, 0.5) is 5.69 Å². The fraction of sp³-hybridized carbons (Fsp3) is 0.286. The van der Waals surface area contributed by atoms with Crippen molar-refractivity contribution in [1.29, 1.82) is 0 Å². The number of aromatic hydroxyl groups is 1. The van der Waals surface area contributed by atoms with E-state index in [2.05, 4.69) is 40.4 Å². The van der Waals surface area contributed by atoms with Crippen molar-refractivity contribution in [3.63, 3.8) is 0 Å². The maximum Gasteiger partial charge on any atom is 0.138 e. The Kier molecular flexibility index (Phi) is 5.43. The summed E-state index contributed by atoms with van der Waals surface area (Å²) in [4.78, 5) is 9.72. The van der Waals surface area contributed by atoms with Crippen LogP contribution in [0.1, 0.15) is 5.56 Å². The van der Waals surface area contributed by atoms with Crippen molar-refractivity contribution in [3.8, 4) is 5.75 Å². The summed E-state index contributed by atoms with van der Waals surface area (Å²) in [6.07, 6.45) is 2.07. The zero-order valence-electron chi connectivity index (χ0n) is 15.3. The van der Waals surface area contributed by atoms with Crippen LogP contribution in [0, 0.1) is 0 Å². The van der Waals surface area contributed by atoms with E-state index in [1.165, 1.54) is 15.5 Å². The Hall–Kier alpha value is -1.95. The molecule has 4 nitrogen and oxygen atoms in total. The predicted octanol–water partition coefficient (Wildman–Crippen LogP) is 3.22. The number of quaternary nitrogens is 1. The number of anilines is 1. The summed E-state index contributed by atoms with van der Waals surface area (Å²) in [5.74, 6) is 0.311. The molecule has 0 amide bonds. The fourth-order valence-corrected chi connectivity index (χ4v) is 4.25. The lowest BCUT2D eigenvalue weighted by Gasteiger charge is -2.33. The molecule has 2 aromatic carbocycles. The summed E-state index contributed by atoms with van der Waals surface area (Å²) >= 11 is 8.21. The number of fused-ring (bicyclic) bond motifs is 1. The lowest BCUT2D eigenvalue weighted by atomic mass is 10.1. The highest BCUT2D eigenvalue weighted by Gasteiger charge is 2.21. The van der Waals surface area contributed by atoms with E-state index in [9.17, 15) is 5.11 Å². The summed E-state index contributed by atoms with van der Waals surface area (Å²) in [5.41, 5.74) is 3.25. The number of piperazine rings is 1. The Balaban J connectivity index is 1.44. The van der Waals surface area contributed by atoms with Crippen LogP contribution in [0.25, 0.3) is 10.9 Å². The second-order valence-corrected chi connectivity index (χ2v) is 8.16. The van der Waals surface area contributed by atoms with E-state index in [1.807, 2.05) is 12.1 Å². The number of thioether (sulfide) groups is 1. The van der Waals surface area contributed by atoms with Crippen molar-refractivity contribution in [2.45, 2.75) is 11.4 Å². The minimum Gasteiger partial charge on any atom is -0.508 e. The Bertz CT molecular complexity index is 940. The number of nitrogens with one attached hydrogen (secondary N) is 1. The van der Waals surface area contributed by atoms with Gasteiger partial charge in [-0.05, 0) is 48.7 Å². The maximum atomic E-state index is 9.45. The zero-order chi connectivity index (χ0) is 18.8. The molecule has 0 unspecified atom stereocenters. The van der Waals surface area contributed by atoms with Gasteiger partial charge in [0.05, 0.1) is 31.7 Å². The van der Waals surface area contributed by atoms with Gasteiger partial charge in [0, 0.05) is 21.5 Å². The number of benzene rings is 2. The van der Waals surface area contributed by atoms with E-state index in [1.54, 1.807) is 23.9 Å². The van der Waals surface area contributed by atoms with Crippen LogP contribution in [0.5, 0.6) is 5.75 Å². The third kappa shape index (κ3) is 4.15. The highest BCUT2D eigenvalue weighted by atomic mass is 35.5. The monoisotopic (exact) mass is 400 g/mol. The summed E-state index contributed by atoms with van der Waals surface area (Å²) in [7, 11) is 0. The van der Waals surface area contributed by atoms with Crippen LogP contribution in [0.3, 0.4) is 0 Å². The molecule has 0 atom stereocenters. The van der Waals surface area contributed by atoms with Crippen LogP contribution >= 0.6 is 23.4 Å². The van der Waals surface area contributed by atoms with Crippen molar-refractivity contribution >= 4 is 40.0 Å². The molecule has 1 saturated heterocycles. The van der Waals surface area contributed by atoms with E-state index in [-0.39, 0.29) is 0 Å². The van der Waals surface area contributed by atoms with E-state index < -0.39 is 0 Å². The first-order valence-electron chi connectivity index (χ1n) is 9.13. The van der Waals surface area contributed by atoms with Gasteiger partial charge in [-0.25, -0.2) is 4.98 Å². The van der Waals surface area contributed by atoms with Crippen LogP contribution in [0.15, 0.2) is 53.4 Å². The summed E-state index contributed by atoms with van der Waals surface area (Å²) in [5, 5.41) is 11.2. The first-order valence-corrected chi connectivity index (χ1v) is 10.7. The SMILES string of the molecule is CSc1ccc2cc(C[NH+]3CCN(c4ccc(O)cc4)CC3)c(Cl)nc2c1. The average molecular weight is 401 g/mol. The van der Waals surface area contributed by atoms with E-state index in [0.29, 0.717) is 10.9 Å². The Morgan fingerprint density at radius 2 is 1.85 bits per heavy atom. The molecule has 0 aliphatic carbocycles. The number of rotatable bonds is 4. The molecule has 1 aromatic heterocycles. The van der Waals surface area contributed by atoms with Crippen LogP contribution < -0.4 is 9.80 Å². The summed E-state index contributed by atoms with van der Waals surface area (Å²) in [6, 6.07) is 16.0. The van der Waals surface area contributed by atoms with E-state index >= 15 is 0 Å². The number of nitrogens with zero attached hydrogens (tertiary/aromatic N) is 2.